The van der Waals surface area contributed by atoms with E-state index in [1.54, 1.807) is 18.7 Å². The van der Waals surface area contributed by atoms with Crippen molar-refractivity contribution in [2.75, 3.05) is 23.8 Å². The maximum absolute atomic E-state index is 11.4. The molecule has 3 nitrogen and oxygen atoms in total. The lowest BCUT2D eigenvalue weighted by Crippen LogP contribution is -2.19. The quantitative estimate of drug-likeness (QED) is 0.710. The van der Waals surface area contributed by atoms with Gasteiger partial charge in [-0.2, -0.15) is 0 Å². The number of nitrogens with one attached hydrogen (secondary N) is 1. The summed E-state index contributed by atoms with van der Waals surface area (Å²) in [6.45, 7) is 7.03. The topological polar surface area (TPSA) is 46.2 Å². The van der Waals surface area contributed by atoms with E-state index in [0.29, 0.717) is 11.8 Å². The molecule has 0 aliphatic heterocycles. The van der Waals surface area contributed by atoms with Gasteiger partial charge in [-0.15, -0.1) is 11.8 Å². The highest BCUT2D eigenvalue weighted by molar-refractivity contribution is 8.00. The predicted molar refractivity (Wildman–Crippen MR) is 88.2 cm³/mol. The van der Waals surface area contributed by atoms with Crippen molar-refractivity contribution in [3.63, 3.8) is 0 Å². The molecular weight excluding hydrogens is 290 g/mol. The van der Waals surface area contributed by atoms with E-state index >= 15 is 0 Å². The Morgan fingerprint density at radius 3 is 2.40 bits per heavy atom. The molecule has 1 aromatic rings. The molecule has 1 aromatic carbocycles. The number of benzene rings is 1. The van der Waals surface area contributed by atoms with Crippen molar-refractivity contribution in [3.05, 3.63) is 29.8 Å². The third-order valence-electron chi connectivity index (χ3n) is 3.18. The van der Waals surface area contributed by atoms with Crippen LogP contribution in [0.25, 0.3) is 0 Å². The zero-order valence-corrected chi connectivity index (χ0v) is 14.2. The molecular formula is C15H25NO2S2. The first-order valence-corrected chi connectivity index (χ1v) is 9.95. The molecule has 0 bridgehead atoms. The summed E-state index contributed by atoms with van der Waals surface area (Å²) < 4.78 is 22.8. The minimum Gasteiger partial charge on any atom is -0.310 e. The summed E-state index contributed by atoms with van der Waals surface area (Å²) in [5, 5.41) is 3.45. The zero-order valence-electron chi connectivity index (χ0n) is 12.6. The zero-order chi connectivity index (χ0) is 15.0. The molecule has 0 aliphatic carbocycles. The molecule has 0 amide bonds. The second-order valence-electron chi connectivity index (χ2n) is 4.83. The van der Waals surface area contributed by atoms with Crippen molar-refractivity contribution in [2.24, 2.45) is 0 Å². The average Bonchev–Trinajstić information content (AvgIpc) is 2.45. The lowest BCUT2D eigenvalue weighted by atomic mass is 10.1. The van der Waals surface area contributed by atoms with E-state index in [2.05, 4.69) is 43.4 Å². The maximum atomic E-state index is 11.4. The molecule has 0 saturated carbocycles. The monoisotopic (exact) mass is 315 g/mol. The molecule has 1 N–H and O–H groups in total. The fourth-order valence-corrected chi connectivity index (χ4v) is 3.96. The second-order valence-corrected chi connectivity index (χ2v) is 8.47. The van der Waals surface area contributed by atoms with Crippen molar-refractivity contribution in [1.82, 2.24) is 5.32 Å². The highest BCUT2D eigenvalue weighted by Crippen LogP contribution is 2.21. The van der Waals surface area contributed by atoms with Crippen LogP contribution in [0.2, 0.25) is 0 Å². The smallest absolute Gasteiger partial charge is 0.150 e. The van der Waals surface area contributed by atoms with Crippen LogP contribution in [0.4, 0.5) is 0 Å². The SMILES string of the molecule is CCCNC(C)c1ccc(SCCS(=O)(=O)CC)cc1. The van der Waals surface area contributed by atoms with Crippen molar-refractivity contribution >= 4 is 21.6 Å². The number of hydrogen-bond acceptors (Lipinski definition) is 4. The molecule has 0 spiro atoms. The van der Waals surface area contributed by atoms with E-state index in [-0.39, 0.29) is 11.5 Å². The molecule has 20 heavy (non-hydrogen) atoms. The van der Waals surface area contributed by atoms with Gasteiger partial charge in [-0.3, -0.25) is 0 Å². The Morgan fingerprint density at radius 1 is 1.20 bits per heavy atom. The van der Waals surface area contributed by atoms with Crippen molar-refractivity contribution in [3.8, 4) is 0 Å². The van der Waals surface area contributed by atoms with E-state index in [1.807, 2.05) is 0 Å². The van der Waals surface area contributed by atoms with Gasteiger partial charge in [-0.1, -0.05) is 26.0 Å². The van der Waals surface area contributed by atoms with E-state index < -0.39 is 9.84 Å². The van der Waals surface area contributed by atoms with Crippen molar-refractivity contribution in [2.45, 2.75) is 38.1 Å². The fourth-order valence-electron chi connectivity index (χ4n) is 1.76. The van der Waals surface area contributed by atoms with Crippen LogP contribution in [0.1, 0.15) is 38.8 Å². The van der Waals surface area contributed by atoms with Gasteiger partial charge in [-0.05, 0) is 37.6 Å². The van der Waals surface area contributed by atoms with Crippen LogP contribution in [0, 0.1) is 0 Å². The van der Waals surface area contributed by atoms with Gasteiger partial charge in [0.05, 0.1) is 5.75 Å². The first-order chi connectivity index (χ1) is 9.48. The van der Waals surface area contributed by atoms with E-state index in [0.717, 1.165) is 17.9 Å². The first-order valence-electron chi connectivity index (χ1n) is 7.15. The Hall–Kier alpha value is -0.520. The van der Waals surface area contributed by atoms with Gasteiger partial charge in [0.2, 0.25) is 0 Å². The Balaban J connectivity index is 2.46. The van der Waals surface area contributed by atoms with Crippen LogP contribution in [-0.2, 0) is 9.84 Å². The number of rotatable bonds is 9. The van der Waals surface area contributed by atoms with Crippen LogP contribution >= 0.6 is 11.8 Å². The first kappa shape index (κ1) is 17.5. The number of thioether (sulfide) groups is 1. The van der Waals surface area contributed by atoms with Crippen molar-refractivity contribution < 1.29 is 8.42 Å². The van der Waals surface area contributed by atoms with Crippen LogP contribution in [0.3, 0.4) is 0 Å². The van der Waals surface area contributed by atoms with Gasteiger partial charge >= 0.3 is 0 Å². The van der Waals surface area contributed by atoms with Crippen LogP contribution < -0.4 is 5.32 Å². The summed E-state index contributed by atoms with van der Waals surface area (Å²) in [5.41, 5.74) is 1.27. The Kier molecular flexibility index (Phi) is 7.62. The number of sulfone groups is 1. The fraction of sp³-hybridized carbons (Fsp3) is 0.600. The standard InChI is InChI=1S/C15H25NO2S2/c1-4-10-16-13(3)14-6-8-15(9-7-14)19-11-12-20(17,18)5-2/h6-9,13,16H,4-5,10-12H2,1-3H3. The lowest BCUT2D eigenvalue weighted by Gasteiger charge is -2.14. The van der Waals surface area contributed by atoms with Crippen LogP contribution in [-0.4, -0.2) is 32.2 Å². The molecule has 114 valence electrons. The molecule has 0 aliphatic rings. The minimum atomic E-state index is -2.85. The third kappa shape index (κ3) is 6.29. The summed E-state index contributed by atoms with van der Waals surface area (Å²) in [4.78, 5) is 1.13. The van der Waals surface area contributed by atoms with Crippen LogP contribution in [0.5, 0.6) is 0 Å². The van der Waals surface area contributed by atoms with E-state index in [9.17, 15) is 8.42 Å². The molecule has 0 radical (unpaired) electrons. The molecule has 0 heterocycles. The molecule has 5 heteroatoms. The number of hydrogen-bond donors (Lipinski definition) is 1. The van der Waals surface area contributed by atoms with E-state index in [1.165, 1.54) is 5.56 Å². The van der Waals surface area contributed by atoms with Gasteiger partial charge in [-0.25, -0.2) is 8.42 Å². The lowest BCUT2D eigenvalue weighted by molar-refractivity contribution is 0.570. The molecule has 0 fully saturated rings. The van der Waals surface area contributed by atoms with Gasteiger partial charge in [0.1, 0.15) is 0 Å². The maximum Gasteiger partial charge on any atom is 0.150 e. The summed E-state index contributed by atoms with van der Waals surface area (Å²) in [6, 6.07) is 8.73. The van der Waals surface area contributed by atoms with Gasteiger partial charge in [0, 0.05) is 22.4 Å². The minimum absolute atomic E-state index is 0.229. The largest absolute Gasteiger partial charge is 0.310 e. The van der Waals surface area contributed by atoms with Gasteiger partial charge in [0.15, 0.2) is 9.84 Å². The van der Waals surface area contributed by atoms with E-state index in [4.69, 9.17) is 0 Å². The molecule has 1 rings (SSSR count). The van der Waals surface area contributed by atoms with Gasteiger partial charge < -0.3 is 5.32 Å². The Bertz CT molecular complexity index is 483. The highest BCUT2D eigenvalue weighted by Gasteiger charge is 2.08. The molecule has 1 atom stereocenters. The van der Waals surface area contributed by atoms with Crippen LogP contribution in [0.15, 0.2) is 29.2 Å². The summed E-state index contributed by atoms with van der Waals surface area (Å²) in [5.74, 6) is 1.11. The Morgan fingerprint density at radius 2 is 1.85 bits per heavy atom. The highest BCUT2D eigenvalue weighted by atomic mass is 32.2. The summed E-state index contributed by atoms with van der Waals surface area (Å²) in [7, 11) is -2.85. The third-order valence-corrected chi connectivity index (χ3v) is 6.16. The van der Waals surface area contributed by atoms with Crippen molar-refractivity contribution in [1.29, 1.82) is 0 Å². The second kappa shape index (κ2) is 8.70. The molecule has 0 saturated heterocycles. The average molecular weight is 316 g/mol. The Labute approximate surface area is 127 Å². The normalized spacial score (nSPS) is 13.3. The molecule has 0 aromatic heterocycles. The predicted octanol–water partition coefficient (Wildman–Crippen LogP) is 3.27. The summed E-state index contributed by atoms with van der Waals surface area (Å²) in [6.07, 6.45) is 1.13. The summed E-state index contributed by atoms with van der Waals surface area (Å²) >= 11 is 1.60. The van der Waals surface area contributed by atoms with Gasteiger partial charge in [0.25, 0.3) is 0 Å². The molecule has 1 unspecified atom stereocenters.